The molecule has 3 N–H and O–H groups in total. The average Bonchev–Trinajstić information content (AvgIpc) is 2.58. The van der Waals surface area contributed by atoms with Crippen LogP contribution < -0.4 is 5.73 Å². The maximum atomic E-state index is 11.2. The lowest BCUT2D eigenvalue weighted by Gasteiger charge is -2.69. The highest BCUT2D eigenvalue weighted by molar-refractivity contribution is 5.73. The Labute approximate surface area is 95.4 Å². The van der Waals surface area contributed by atoms with E-state index in [2.05, 4.69) is 5.92 Å². The molecule has 3 aliphatic rings. The summed E-state index contributed by atoms with van der Waals surface area (Å²) >= 11 is 0. The minimum Gasteiger partial charge on any atom is -0.481 e. The zero-order valence-corrected chi connectivity index (χ0v) is 9.23. The zero-order valence-electron chi connectivity index (χ0n) is 9.23. The van der Waals surface area contributed by atoms with Gasteiger partial charge in [-0.3, -0.25) is 4.79 Å². The summed E-state index contributed by atoms with van der Waals surface area (Å²) in [5.41, 5.74) is 5.99. The van der Waals surface area contributed by atoms with E-state index in [1.54, 1.807) is 0 Å². The number of hydrogen-bond donors (Lipinski definition) is 2. The highest BCUT2D eigenvalue weighted by atomic mass is 16.4. The largest absolute Gasteiger partial charge is 0.481 e. The minimum absolute atomic E-state index is 0.173. The van der Waals surface area contributed by atoms with Crippen LogP contribution in [0.1, 0.15) is 19.3 Å². The van der Waals surface area contributed by atoms with Gasteiger partial charge in [-0.1, -0.05) is 0 Å². The zero-order chi connectivity index (χ0) is 11.5. The topological polar surface area (TPSA) is 63.3 Å². The van der Waals surface area contributed by atoms with Crippen LogP contribution in [0.5, 0.6) is 0 Å². The van der Waals surface area contributed by atoms with E-state index in [0.29, 0.717) is 24.3 Å². The summed E-state index contributed by atoms with van der Waals surface area (Å²) in [6, 6.07) is 0. The van der Waals surface area contributed by atoms with Gasteiger partial charge in [0.05, 0.1) is 5.92 Å². The van der Waals surface area contributed by atoms with E-state index < -0.39 is 5.97 Å². The molecule has 3 saturated carbocycles. The van der Waals surface area contributed by atoms with Crippen LogP contribution in [-0.4, -0.2) is 17.6 Å². The number of carbonyl (C=O) groups is 1. The van der Waals surface area contributed by atoms with E-state index in [-0.39, 0.29) is 17.3 Å². The molecular formula is C13H17NO2. The number of carboxylic acid groups (broad SMARTS) is 1. The van der Waals surface area contributed by atoms with Crippen molar-refractivity contribution in [3.05, 3.63) is 0 Å². The molecule has 3 heteroatoms. The summed E-state index contributed by atoms with van der Waals surface area (Å²) in [7, 11) is 0. The smallest absolute Gasteiger partial charge is 0.307 e. The van der Waals surface area contributed by atoms with Crippen molar-refractivity contribution in [1.29, 1.82) is 0 Å². The Balaban J connectivity index is 1.86. The molecule has 3 unspecified atom stereocenters. The molecule has 1 spiro atoms. The number of carboxylic acids is 1. The van der Waals surface area contributed by atoms with Gasteiger partial charge < -0.3 is 10.8 Å². The van der Waals surface area contributed by atoms with E-state index in [1.807, 2.05) is 0 Å². The van der Waals surface area contributed by atoms with Crippen molar-refractivity contribution >= 4 is 5.97 Å². The van der Waals surface area contributed by atoms with Gasteiger partial charge in [-0.2, -0.15) is 0 Å². The van der Waals surface area contributed by atoms with Gasteiger partial charge in [0.25, 0.3) is 0 Å². The van der Waals surface area contributed by atoms with Crippen molar-refractivity contribution in [3.8, 4) is 12.3 Å². The molecule has 0 aromatic rings. The fourth-order valence-electron chi connectivity index (χ4n) is 4.92. The van der Waals surface area contributed by atoms with Crippen LogP contribution >= 0.6 is 0 Å². The molecule has 3 nitrogen and oxygen atoms in total. The Morgan fingerprint density at radius 1 is 1.56 bits per heavy atom. The van der Waals surface area contributed by atoms with Crippen LogP contribution in [0, 0.1) is 47.3 Å². The predicted octanol–water partition coefficient (Wildman–Crippen LogP) is 0.941. The van der Waals surface area contributed by atoms with E-state index in [1.165, 1.54) is 0 Å². The van der Waals surface area contributed by atoms with Crippen molar-refractivity contribution < 1.29 is 9.90 Å². The lowest BCUT2D eigenvalue weighted by molar-refractivity contribution is -0.235. The molecule has 3 rings (SSSR count). The molecule has 0 saturated heterocycles. The van der Waals surface area contributed by atoms with E-state index in [4.69, 9.17) is 12.2 Å². The second-order valence-corrected chi connectivity index (χ2v) is 5.66. The molecule has 0 heterocycles. The number of nitrogens with two attached hydrogens (primary N) is 1. The SMILES string of the molecule is C#C[C@@H]1C[C@@H]2C[C@@H]3C(C(=O)O)C(CN)C23C1. The molecule has 0 amide bonds. The van der Waals surface area contributed by atoms with E-state index in [0.717, 1.165) is 19.3 Å². The molecule has 3 aliphatic carbocycles. The third-order valence-corrected chi connectivity index (χ3v) is 5.49. The second kappa shape index (κ2) is 3.01. The third-order valence-electron chi connectivity index (χ3n) is 5.49. The number of terminal acetylenes is 1. The summed E-state index contributed by atoms with van der Waals surface area (Å²) < 4.78 is 0. The third kappa shape index (κ3) is 0.883. The Morgan fingerprint density at radius 2 is 2.31 bits per heavy atom. The first-order chi connectivity index (χ1) is 7.65. The number of hydrogen-bond acceptors (Lipinski definition) is 2. The van der Waals surface area contributed by atoms with Crippen LogP contribution in [0.4, 0.5) is 0 Å². The maximum Gasteiger partial charge on any atom is 0.307 e. The van der Waals surface area contributed by atoms with Gasteiger partial charge in [-0.05, 0) is 49.0 Å². The maximum absolute atomic E-state index is 11.2. The quantitative estimate of drug-likeness (QED) is 0.679. The van der Waals surface area contributed by atoms with Gasteiger partial charge in [-0.15, -0.1) is 12.3 Å². The summed E-state index contributed by atoms with van der Waals surface area (Å²) in [6.07, 6.45) is 8.67. The van der Waals surface area contributed by atoms with Crippen LogP contribution in [0.25, 0.3) is 0 Å². The predicted molar refractivity (Wildman–Crippen MR) is 59.3 cm³/mol. The van der Waals surface area contributed by atoms with Gasteiger partial charge in [0.15, 0.2) is 0 Å². The molecule has 0 bridgehead atoms. The van der Waals surface area contributed by atoms with Crippen LogP contribution in [0.3, 0.4) is 0 Å². The summed E-state index contributed by atoms with van der Waals surface area (Å²) in [6.45, 7) is 0.501. The standard InChI is InChI=1S/C13H17NO2/c1-2-7-3-8-4-9-11(12(15)16)10(6-14)13(8,9)5-7/h1,7-11H,3-6,14H2,(H,15,16)/t7-,8-,9-,10?,11?,13?/m1/s1. The summed E-state index contributed by atoms with van der Waals surface area (Å²) in [5.74, 6) is 3.54. The molecule has 0 aromatic heterocycles. The van der Waals surface area contributed by atoms with Gasteiger partial charge >= 0.3 is 5.97 Å². The second-order valence-electron chi connectivity index (χ2n) is 5.66. The molecule has 6 atom stereocenters. The normalized spacial score (nSPS) is 52.9. The van der Waals surface area contributed by atoms with Crippen molar-refractivity contribution in [2.45, 2.75) is 19.3 Å². The van der Waals surface area contributed by atoms with Gasteiger partial charge in [0.2, 0.25) is 0 Å². The van der Waals surface area contributed by atoms with Crippen molar-refractivity contribution in [1.82, 2.24) is 0 Å². The first kappa shape index (κ1) is 10.2. The van der Waals surface area contributed by atoms with Crippen molar-refractivity contribution in [3.63, 3.8) is 0 Å². The highest BCUT2D eigenvalue weighted by Gasteiger charge is 2.74. The van der Waals surface area contributed by atoms with Crippen LogP contribution in [-0.2, 0) is 4.79 Å². The summed E-state index contributed by atoms with van der Waals surface area (Å²) in [5, 5.41) is 9.20. The molecule has 16 heavy (non-hydrogen) atoms. The molecular weight excluding hydrogens is 202 g/mol. The van der Waals surface area contributed by atoms with Crippen molar-refractivity contribution in [2.75, 3.05) is 6.54 Å². The molecule has 0 radical (unpaired) electrons. The van der Waals surface area contributed by atoms with Gasteiger partial charge in [0, 0.05) is 5.92 Å². The van der Waals surface area contributed by atoms with E-state index in [9.17, 15) is 9.90 Å². The minimum atomic E-state index is -0.659. The van der Waals surface area contributed by atoms with Crippen molar-refractivity contribution in [2.24, 2.45) is 40.7 Å². The number of rotatable bonds is 2. The Morgan fingerprint density at radius 3 is 2.88 bits per heavy atom. The Kier molecular flexibility index (Phi) is 1.91. The molecule has 0 aromatic carbocycles. The molecule has 0 aliphatic heterocycles. The van der Waals surface area contributed by atoms with Gasteiger partial charge in [-0.25, -0.2) is 0 Å². The fourth-order valence-corrected chi connectivity index (χ4v) is 4.92. The lowest BCUT2D eigenvalue weighted by Crippen LogP contribution is -2.70. The monoisotopic (exact) mass is 219 g/mol. The first-order valence-electron chi connectivity index (χ1n) is 6.04. The van der Waals surface area contributed by atoms with Crippen LogP contribution in [0.2, 0.25) is 0 Å². The number of aliphatic carboxylic acids is 1. The highest BCUT2D eigenvalue weighted by Crippen LogP contribution is 2.77. The fraction of sp³-hybridized carbons (Fsp3) is 0.769. The molecule has 86 valence electrons. The lowest BCUT2D eigenvalue weighted by atomic mass is 9.34. The van der Waals surface area contributed by atoms with Gasteiger partial charge in [0.1, 0.15) is 0 Å². The first-order valence-corrected chi connectivity index (χ1v) is 6.04. The molecule has 3 fully saturated rings. The Bertz CT molecular complexity index is 386. The summed E-state index contributed by atoms with van der Waals surface area (Å²) in [4.78, 5) is 11.2. The van der Waals surface area contributed by atoms with E-state index >= 15 is 0 Å². The Hall–Kier alpha value is -1.01. The average molecular weight is 219 g/mol. The van der Waals surface area contributed by atoms with Crippen LogP contribution in [0.15, 0.2) is 0 Å².